The van der Waals surface area contributed by atoms with E-state index in [1.165, 1.54) is 24.5 Å². The molecular weight excluding hydrogens is 298 g/mol. The minimum absolute atomic E-state index is 0.0117. The molecule has 0 aliphatic carbocycles. The summed E-state index contributed by atoms with van der Waals surface area (Å²) in [6.07, 6.45) is 2.95. The highest BCUT2D eigenvalue weighted by Gasteiger charge is 2.06. The number of hydrogen-bond acceptors (Lipinski definition) is 3. The lowest BCUT2D eigenvalue weighted by molar-refractivity contribution is 0.0944. The third kappa shape index (κ3) is 4.46. The molecule has 8 heteroatoms. The Kier molecular flexibility index (Phi) is 4.72. The summed E-state index contributed by atoms with van der Waals surface area (Å²) in [5.41, 5.74) is 5.28. The summed E-state index contributed by atoms with van der Waals surface area (Å²) in [5.74, 6) is -1.89. The lowest BCUT2D eigenvalue weighted by atomic mass is 10.3. The predicted octanol–water partition coefficient (Wildman–Crippen LogP) is 1.99. The Hall–Kier alpha value is -2.61. The number of nitrogens with zero attached hydrogens (tertiary/aromatic N) is 1. The van der Waals surface area contributed by atoms with E-state index in [0.29, 0.717) is 5.56 Å². The lowest BCUT2D eigenvalue weighted by Crippen LogP contribution is -2.43. The van der Waals surface area contributed by atoms with Gasteiger partial charge in [-0.3, -0.25) is 20.6 Å². The van der Waals surface area contributed by atoms with E-state index in [2.05, 4.69) is 21.2 Å². The zero-order valence-corrected chi connectivity index (χ0v) is 11.4. The van der Waals surface area contributed by atoms with E-state index in [4.69, 9.17) is 12.2 Å². The first-order chi connectivity index (χ1) is 10.0. The zero-order valence-electron chi connectivity index (χ0n) is 10.6. The fourth-order valence-electron chi connectivity index (χ4n) is 1.48. The van der Waals surface area contributed by atoms with E-state index in [1.807, 2.05) is 0 Å². The topological polar surface area (TPSA) is 66.1 Å². The van der Waals surface area contributed by atoms with Gasteiger partial charge in [0.25, 0.3) is 5.91 Å². The molecule has 0 saturated heterocycles. The summed E-state index contributed by atoms with van der Waals surface area (Å²) >= 11 is 4.90. The Balaban J connectivity index is 1.89. The number of anilines is 1. The minimum atomic E-state index is -0.735. The summed E-state index contributed by atoms with van der Waals surface area (Å²) in [6.45, 7) is 0. The predicted molar refractivity (Wildman–Crippen MR) is 77.4 cm³/mol. The van der Waals surface area contributed by atoms with Crippen LogP contribution in [0.1, 0.15) is 10.4 Å². The molecule has 0 unspecified atom stereocenters. The number of carbonyl (C=O) groups excluding carboxylic acids is 1. The van der Waals surface area contributed by atoms with Crippen LogP contribution in [0.2, 0.25) is 0 Å². The molecule has 0 aliphatic rings. The second kappa shape index (κ2) is 6.71. The Labute approximate surface area is 124 Å². The van der Waals surface area contributed by atoms with Crippen LogP contribution >= 0.6 is 12.2 Å². The number of rotatable bonds is 2. The Morgan fingerprint density at radius 1 is 1.05 bits per heavy atom. The van der Waals surface area contributed by atoms with Gasteiger partial charge in [-0.2, -0.15) is 0 Å². The van der Waals surface area contributed by atoms with Crippen LogP contribution in [0, 0.1) is 11.6 Å². The Bertz CT molecular complexity index is 646. The average Bonchev–Trinajstić information content (AvgIpc) is 2.44. The van der Waals surface area contributed by atoms with Crippen LogP contribution in [0.4, 0.5) is 14.5 Å². The van der Waals surface area contributed by atoms with Gasteiger partial charge in [-0.25, -0.2) is 8.78 Å². The molecule has 2 aromatic rings. The van der Waals surface area contributed by atoms with Crippen LogP contribution in [-0.2, 0) is 0 Å². The van der Waals surface area contributed by atoms with Gasteiger partial charge in [-0.1, -0.05) is 0 Å². The first kappa shape index (κ1) is 14.8. The number of nitrogens with one attached hydrogen (secondary N) is 3. The lowest BCUT2D eigenvalue weighted by Gasteiger charge is -2.11. The molecule has 108 valence electrons. The van der Waals surface area contributed by atoms with E-state index in [9.17, 15) is 13.6 Å². The van der Waals surface area contributed by atoms with Crippen LogP contribution in [0.5, 0.6) is 0 Å². The monoisotopic (exact) mass is 308 g/mol. The van der Waals surface area contributed by atoms with Crippen molar-refractivity contribution < 1.29 is 13.6 Å². The number of pyridine rings is 1. The molecule has 0 radical (unpaired) electrons. The molecule has 0 bridgehead atoms. The van der Waals surface area contributed by atoms with Crippen molar-refractivity contribution >= 4 is 28.9 Å². The maximum atomic E-state index is 13.0. The maximum absolute atomic E-state index is 13.0. The number of hydrogen-bond donors (Lipinski definition) is 3. The van der Waals surface area contributed by atoms with Crippen LogP contribution in [-0.4, -0.2) is 16.0 Å². The summed E-state index contributed by atoms with van der Waals surface area (Å²) in [5, 5.41) is 2.53. The quantitative estimate of drug-likeness (QED) is 0.585. The number of carbonyl (C=O) groups is 1. The van der Waals surface area contributed by atoms with Crippen molar-refractivity contribution in [3.8, 4) is 0 Å². The van der Waals surface area contributed by atoms with E-state index in [-0.39, 0.29) is 10.8 Å². The molecule has 1 aromatic heterocycles. The van der Waals surface area contributed by atoms with Crippen molar-refractivity contribution in [2.24, 2.45) is 0 Å². The molecule has 0 atom stereocenters. The minimum Gasteiger partial charge on any atom is -0.331 e. The third-order valence-corrected chi connectivity index (χ3v) is 2.56. The third-order valence-electron chi connectivity index (χ3n) is 2.35. The van der Waals surface area contributed by atoms with Crippen molar-refractivity contribution in [1.82, 2.24) is 15.8 Å². The largest absolute Gasteiger partial charge is 0.331 e. The molecule has 0 fully saturated rings. The van der Waals surface area contributed by atoms with Crippen molar-refractivity contribution in [1.29, 1.82) is 0 Å². The average molecular weight is 308 g/mol. The molecular formula is C13H10F2N4OS. The molecule has 1 heterocycles. The van der Waals surface area contributed by atoms with Gasteiger partial charge in [0, 0.05) is 29.7 Å². The zero-order chi connectivity index (χ0) is 15.2. The van der Waals surface area contributed by atoms with Crippen molar-refractivity contribution in [2.45, 2.75) is 0 Å². The second-order valence-electron chi connectivity index (χ2n) is 3.93. The van der Waals surface area contributed by atoms with Crippen molar-refractivity contribution in [2.75, 3.05) is 5.32 Å². The number of aromatic nitrogens is 1. The van der Waals surface area contributed by atoms with Crippen LogP contribution in [0.3, 0.4) is 0 Å². The first-order valence-corrected chi connectivity index (χ1v) is 6.19. The summed E-state index contributed by atoms with van der Waals surface area (Å²) < 4.78 is 26.0. The van der Waals surface area contributed by atoms with Crippen molar-refractivity contribution in [3.05, 3.63) is 59.9 Å². The first-order valence-electron chi connectivity index (χ1n) is 5.78. The fraction of sp³-hybridized carbons (Fsp3) is 0. The van der Waals surface area contributed by atoms with Crippen LogP contribution < -0.4 is 16.2 Å². The SMILES string of the molecule is O=C(NNC(=S)Nc1cc(F)cc(F)c1)c1ccncc1. The van der Waals surface area contributed by atoms with E-state index >= 15 is 0 Å². The highest BCUT2D eigenvalue weighted by molar-refractivity contribution is 7.80. The van der Waals surface area contributed by atoms with Gasteiger partial charge in [0.15, 0.2) is 5.11 Å². The van der Waals surface area contributed by atoms with Gasteiger partial charge < -0.3 is 5.32 Å². The summed E-state index contributed by atoms with van der Waals surface area (Å²) in [6, 6.07) is 5.93. The molecule has 1 aromatic carbocycles. The number of amides is 1. The highest BCUT2D eigenvalue weighted by atomic mass is 32.1. The number of halogens is 2. The molecule has 1 amide bonds. The maximum Gasteiger partial charge on any atom is 0.269 e. The molecule has 21 heavy (non-hydrogen) atoms. The molecule has 0 aliphatic heterocycles. The number of thiocarbonyl (C=S) groups is 1. The molecule has 2 rings (SSSR count). The smallest absolute Gasteiger partial charge is 0.269 e. The van der Waals surface area contributed by atoms with Gasteiger partial charge in [0.2, 0.25) is 0 Å². The number of benzene rings is 1. The van der Waals surface area contributed by atoms with Crippen molar-refractivity contribution in [3.63, 3.8) is 0 Å². The highest BCUT2D eigenvalue weighted by Crippen LogP contribution is 2.12. The fourth-order valence-corrected chi connectivity index (χ4v) is 1.65. The molecule has 3 N–H and O–H groups in total. The Morgan fingerprint density at radius 2 is 1.67 bits per heavy atom. The summed E-state index contributed by atoms with van der Waals surface area (Å²) in [7, 11) is 0. The van der Waals surface area contributed by atoms with E-state index in [0.717, 1.165) is 18.2 Å². The molecule has 0 spiro atoms. The normalized spacial score (nSPS) is 9.81. The van der Waals surface area contributed by atoms with Crippen LogP contribution in [0.15, 0.2) is 42.7 Å². The van der Waals surface area contributed by atoms with E-state index < -0.39 is 17.5 Å². The van der Waals surface area contributed by atoms with E-state index in [1.54, 1.807) is 0 Å². The van der Waals surface area contributed by atoms with Gasteiger partial charge in [-0.15, -0.1) is 0 Å². The second-order valence-corrected chi connectivity index (χ2v) is 4.34. The van der Waals surface area contributed by atoms with Gasteiger partial charge in [0.05, 0.1) is 0 Å². The van der Waals surface area contributed by atoms with Gasteiger partial charge >= 0.3 is 0 Å². The van der Waals surface area contributed by atoms with Gasteiger partial charge in [0.1, 0.15) is 11.6 Å². The molecule has 0 saturated carbocycles. The number of hydrazine groups is 1. The van der Waals surface area contributed by atoms with Gasteiger partial charge in [-0.05, 0) is 36.5 Å². The summed E-state index contributed by atoms with van der Waals surface area (Å²) in [4.78, 5) is 15.5. The Morgan fingerprint density at radius 3 is 2.29 bits per heavy atom. The molecule has 5 nitrogen and oxygen atoms in total. The standard InChI is InChI=1S/C13H10F2N4OS/c14-9-5-10(15)7-11(6-9)17-13(21)19-18-12(20)8-1-3-16-4-2-8/h1-7H,(H,18,20)(H2,17,19,21). The van der Waals surface area contributed by atoms with Crippen LogP contribution in [0.25, 0.3) is 0 Å².